The van der Waals surface area contributed by atoms with Crippen LogP contribution in [0.5, 0.6) is 0 Å². The van der Waals surface area contributed by atoms with Gasteiger partial charge in [0.1, 0.15) is 73.2 Å². The van der Waals surface area contributed by atoms with Crippen molar-refractivity contribution in [1.82, 2.24) is 5.32 Å². The Balaban J connectivity index is 1.26. The molecule has 0 saturated carbocycles. The molecule has 0 radical (unpaired) electrons. The molecule has 19 nitrogen and oxygen atoms in total. The second kappa shape index (κ2) is 58.1. The summed E-state index contributed by atoms with van der Waals surface area (Å²) in [6.45, 7) is 1.75. The maximum atomic E-state index is 13.4. The summed E-state index contributed by atoms with van der Waals surface area (Å²) in [5.74, 6) is -0.270. The average molecular weight is 1360 g/mol. The Hall–Kier alpha value is -1.47. The lowest BCUT2D eigenvalue weighted by Gasteiger charge is -2.48. The Morgan fingerprint density at radius 1 is 0.368 bits per heavy atom. The van der Waals surface area contributed by atoms with Crippen LogP contribution in [0.15, 0.2) is 12.2 Å². The standard InChI is InChI=1S/C76H145NO18/c1-3-5-7-9-11-13-15-16-17-18-19-20-21-22-23-24-25-26-27-28-29-30-31-32-33-34-35-36-37-38-39-40-41-42-44-46-48-50-52-54-64(82)77-59(60(81)53-51-49-47-45-43-14-12-10-8-6-4-2)58-90-74-70(88)67(85)72(62(56-79)92-74)95-76-71(89)68(86)73(63(57-80)93-76)94-75-69(87)66(84)65(83)61(55-78)91-75/h51,53,59-63,65-76,78-81,83-89H,3-50,52,54-58H2,1-2H3,(H,77,82)/b53-51+. The zero-order chi connectivity index (χ0) is 68.9. The second-order valence-corrected chi connectivity index (χ2v) is 28.5. The number of carbonyl (C=O) groups excluding carboxylic acids is 1. The van der Waals surface area contributed by atoms with Gasteiger partial charge in [0.2, 0.25) is 5.91 Å². The SMILES string of the molecule is CCCCCCCCCCC/C=C/C(O)C(COC1OC(CO)C(OC2OC(CO)C(OC3OC(CO)C(O)C(O)C3O)C(O)C2O)C(O)C1O)NC(=O)CCCCCCCCCCCCCCCCCCCCCCCCCCCCCCCCCCCCCCCCC. The molecule has 0 bridgehead atoms. The van der Waals surface area contributed by atoms with Gasteiger partial charge in [-0.2, -0.15) is 0 Å². The number of nitrogens with one attached hydrogen (secondary N) is 1. The van der Waals surface area contributed by atoms with Crippen LogP contribution >= 0.6 is 0 Å². The van der Waals surface area contributed by atoms with E-state index in [1.165, 1.54) is 263 Å². The molecule has 0 aromatic heterocycles. The van der Waals surface area contributed by atoms with E-state index in [2.05, 4.69) is 19.2 Å². The van der Waals surface area contributed by atoms with Gasteiger partial charge in [0.05, 0.1) is 38.6 Å². The maximum Gasteiger partial charge on any atom is 0.220 e. The molecule has 562 valence electrons. The number of allylic oxidation sites excluding steroid dienone is 1. The van der Waals surface area contributed by atoms with Crippen LogP contribution in [0.25, 0.3) is 0 Å². The van der Waals surface area contributed by atoms with Gasteiger partial charge in [0, 0.05) is 6.42 Å². The van der Waals surface area contributed by atoms with Gasteiger partial charge in [-0.3, -0.25) is 4.79 Å². The monoisotopic (exact) mass is 1360 g/mol. The fraction of sp³-hybridized carbons (Fsp3) is 0.961. The highest BCUT2D eigenvalue weighted by Gasteiger charge is 2.53. The van der Waals surface area contributed by atoms with E-state index < -0.39 is 124 Å². The van der Waals surface area contributed by atoms with Crippen LogP contribution < -0.4 is 5.32 Å². The summed E-state index contributed by atoms with van der Waals surface area (Å²) >= 11 is 0. The normalized spacial score (nSPS) is 27.2. The molecule has 3 aliphatic heterocycles. The zero-order valence-corrected chi connectivity index (χ0v) is 59.9. The smallest absolute Gasteiger partial charge is 0.220 e. The third kappa shape index (κ3) is 39.0. The topological polar surface area (TPSA) is 307 Å². The van der Waals surface area contributed by atoms with Gasteiger partial charge in [0.25, 0.3) is 0 Å². The third-order valence-electron chi connectivity index (χ3n) is 20.1. The molecule has 3 fully saturated rings. The fourth-order valence-electron chi connectivity index (χ4n) is 13.7. The Morgan fingerprint density at radius 3 is 0.989 bits per heavy atom. The van der Waals surface area contributed by atoms with E-state index in [4.69, 9.17) is 28.4 Å². The van der Waals surface area contributed by atoms with Gasteiger partial charge < -0.3 is 89.9 Å². The highest BCUT2D eigenvalue weighted by atomic mass is 16.8. The van der Waals surface area contributed by atoms with Crippen molar-refractivity contribution in [3.63, 3.8) is 0 Å². The number of aliphatic hydroxyl groups is 11. The summed E-state index contributed by atoms with van der Waals surface area (Å²) in [5, 5.41) is 120. The van der Waals surface area contributed by atoms with Gasteiger partial charge in [-0.25, -0.2) is 0 Å². The quantitative estimate of drug-likeness (QED) is 0.0199. The molecular weight excluding hydrogens is 1210 g/mol. The van der Waals surface area contributed by atoms with E-state index in [-0.39, 0.29) is 18.9 Å². The summed E-state index contributed by atoms with van der Waals surface area (Å²) in [7, 11) is 0. The van der Waals surface area contributed by atoms with E-state index in [1.807, 2.05) is 6.08 Å². The van der Waals surface area contributed by atoms with Gasteiger partial charge >= 0.3 is 0 Å². The van der Waals surface area contributed by atoms with Gasteiger partial charge in [-0.15, -0.1) is 0 Å². The Morgan fingerprint density at radius 2 is 0.653 bits per heavy atom. The first-order valence-corrected chi connectivity index (χ1v) is 39.4. The van der Waals surface area contributed by atoms with E-state index in [9.17, 15) is 61.0 Å². The van der Waals surface area contributed by atoms with Crippen molar-refractivity contribution in [1.29, 1.82) is 0 Å². The van der Waals surface area contributed by atoms with Crippen molar-refractivity contribution in [2.24, 2.45) is 0 Å². The van der Waals surface area contributed by atoms with Crippen LogP contribution in [0.2, 0.25) is 0 Å². The second-order valence-electron chi connectivity index (χ2n) is 28.5. The van der Waals surface area contributed by atoms with Crippen molar-refractivity contribution < 1.29 is 89.4 Å². The molecule has 12 N–H and O–H groups in total. The van der Waals surface area contributed by atoms with Crippen LogP contribution in [0.3, 0.4) is 0 Å². The molecule has 0 aromatic carbocycles. The minimum Gasteiger partial charge on any atom is -0.394 e. The van der Waals surface area contributed by atoms with E-state index in [1.54, 1.807) is 6.08 Å². The number of hydrogen-bond acceptors (Lipinski definition) is 18. The third-order valence-corrected chi connectivity index (χ3v) is 20.1. The molecule has 95 heavy (non-hydrogen) atoms. The number of carbonyl (C=O) groups is 1. The molecule has 3 saturated heterocycles. The molecule has 19 heteroatoms. The van der Waals surface area contributed by atoms with Crippen molar-refractivity contribution in [3.05, 3.63) is 12.2 Å². The zero-order valence-electron chi connectivity index (χ0n) is 59.9. The van der Waals surface area contributed by atoms with Crippen LogP contribution in [0.4, 0.5) is 0 Å². The number of unbranched alkanes of at least 4 members (excludes halogenated alkanes) is 47. The molecule has 0 aliphatic carbocycles. The van der Waals surface area contributed by atoms with Gasteiger partial charge in [-0.05, 0) is 19.3 Å². The molecule has 3 aliphatic rings. The first-order chi connectivity index (χ1) is 46.3. The lowest BCUT2D eigenvalue weighted by atomic mass is 9.96. The number of rotatable bonds is 63. The molecule has 0 spiro atoms. The molecule has 3 rings (SSSR count). The summed E-state index contributed by atoms with van der Waals surface area (Å²) in [4.78, 5) is 13.4. The van der Waals surface area contributed by atoms with Crippen molar-refractivity contribution in [3.8, 4) is 0 Å². The van der Waals surface area contributed by atoms with Crippen LogP contribution in [0, 0.1) is 0 Å². The number of amides is 1. The van der Waals surface area contributed by atoms with Crippen molar-refractivity contribution >= 4 is 5.91 Å². The molecule has 0 aromatic rings. The minimum atomic E-state index is -1.98. The predicted octanol–water partition coefficient (Wildman–Crippen LogP) is 12.4. The Kier molecular flexibility index (Phi) is 53.6. The molecule has 3 heterocycles. The Bertz CT molecular complexity index is 1770. The average Bonchev–Trinajstić information content (AvgIpc) is 0.786. The van der Waals surface area contributed by atoms with Crippen LogP contribution in [-0.4, -0.2) is 193 Å². The number of ether oxygens (including phenoxy) is 6. The lowest BCUT2D eigenvalue weighted by Crippen LogP contribution is -2.66. The highest BCUT2D eigenvalue weighted by Crippen LogP contribution is 2.33. The largest absolute Gasteiger partial charge is 0.394 e. The van der Waals surface area contributed by atoms with Crippen molar-refractivity contribution in [2.75, 3.05) is 26.4 Å². The minimum absolute atomic E-state index is 0.250. The fourth-order valence-corrected chi connectivity index (χ4v) is 13.7. The Labute approximate surface area is 576 Å². The molecule has 1 amide bonds. The summed E-state index contributed by atoms with van der Waals surface area (Å²) < 4.78 is 34.3. The summed E-state index contributed by atoms with van der Waals surface area (Å²) in [5.41, 5.74) is 0. The first kappa shape index (κ1) is 87.7. The van der Waals surface area contributed by atoms with E-state index in [0.717, 1.165) is 44.9 Å². The highest BCUT2D eigenvalue weighted by molar-refractivity contribution is 5.76. The lowest BCUT2D eigenvalue weighted by molar-refractivity contribution is -0.379. The first-order valence-electron chi connectivity index (χ1n) is 39.4. The summed E-state index contributed by atoms with van der Waals surface area (Å²) in [6.07, 6.45) is 41.2. The maximum absolute atomic E-state index is 13.4. The number of hydrogen-bond donors (Lipinski definition) is 12. The number of aliphatic hydroxyl groups excluding tert-OH is 11. The summed E-state index contributed by atoms with van der Waals surface area (Å²) in [6, 6.07) is -0.968. The van der Waals surface area contributed by atoms with E-state index in [0.29, 0.717) is 6.42 Å². The molecular formula is C76H145NO18. The van der Waals surface area contributed by atoms with E-state index >= 15 is 0 Å². The molecule has 17 unspecified atom stereocenters. The molecule has 17 atom stereocenters. The van der Waals surface area contributed by atoms with Crippen LogP contribution in [0.1, 0.15) is 335 Å². The predicted molar refractivity (Wildman–Crippen MR) is 374 cm³/mol. The van der Waals surface area contributed by atoms with Gasteiger partial charge in [-0.1, -0.05) is 321 Å². The van der Waals surface area contributed by atoms with Gasteiger partial charge in [0.15, 0.2) is 18.9 Å². The van der Waals surface area contributed by atoms with Crippen molar-refractivity contribution in [2.45, 2.75) is 439 Å². The van der Waals surface area contributed by atoms with Crippen LogP contribution in [-0.2, 0) is 33.2 Å².